The molecule has 0 amide bonds. The minimum atomic E-state index is -0.0592. The summed E-state index contributed by atoms with van der Waals surface area (Å²) in [5, 5.41) is 8.17. The fourth-order valence-corrected chi connectivity index (χ4v) is 3.12. The van der Waals surface area contributed by atoms with Gasteiger partial charge >= 0.3 is 0 Å². The minimum Gasteiger partial charge on any atom is -0.422 e. The number of hydrogen-bond donors (Lipinski definition) is 0. The van der Waals surface area contributed by atoms with Crippen molar-refractivity contribution in [2.24, 2.45) is 0 Å². The number of hydrogen-bond acceptors (Lipinski definition) is 6. The van der Waals surface area contributed by atoms with E-state index in [1.54, 1.807) is 9.12 Å². The molecule has 88 valence electrons. The molecule has 0 spiro atoms. The van der Waals surface area contributed by atoms with Gasteiger partial charge in [-0.15, -0.1) is 10.2 Å². The fourth-order valence-electron chi connectivity index (χ4n) is 1.71. The van der Waals surface area contributed by atoms with Gasteiger partial charge in [-0.1, -0.05) is 0 Å². The van der Waals surface area contributed by atoms with E-state index in [-0.39, 0.29) is 6.10 Å². The van der Waals surface area contributed by atoms with Gasteiger partial charge in [-0.25, -0.2) is 4.31 Å². The Morgan fingerprint density at radius 3 is 2.88 bits per heavy atom. The van der Waals surface area contributed by atoms with Crippen molar-refractivity contribution >= 4 is 30.3 Å². The van der Waals surface area contributed by atoms with Crippen LogP contribution in [0.2, 0.25) is 0 Å². The van der Waals surface area contributed by atoms with E-state index in [2.05, 4.69) is 35.7 Å². The summed E-state index contributed by atoms with van der Waals surface area (Å²) in [5.41, 5.74) is 0. The molecule has 16 heavy (non-hydrogen) atoms. The lowest BCUT2D eigenvalue weighted by atomic mass is 10.3. The average molecular weight is 353 g/mol. The van der Waals surface area contributed by atoms with Crippen LogP contribution in [0.3, 0.4) is 0 Å². The van der Waals surface area contributed by atoms with Crippen LogP contribution in [0, 0.1) is 0 Å². The first-order valence-corrected chi connectivity index (χ1v) is 8.67. The molecule has 2 aliphatic rings. The molecule has 1 aliphatic carbocycles. The zero-order chi connectivity index (χ0) is 11.0. The van der Waals surface area contributed by atoms with Gasteiger partial charge in [0.1, 0.15) is 6.10 Å². The predicted octanol–water partition coefficient (Wildman–Crippen LogP) is 2.32. The van der Waals surface area contributed by atoms with E-state index in [0.717, 1.165) is 25.6 Å². The molecule has 1 saturated heterocycles. The van der Waals surface area contributed by atoms with Crippen molar-refractivity contribution in [3.05, 3.63) is 11.8 Å². The molecule has 1 atom stereocenters. The van der Waals surface area contributed by atoms with E-state index < -0.39 is 0 Å². The molecule has 1 aromatic heterocycles. The highest BCUT2D eigenvalue weighted by Crippen LogP contribution is 2.40. The minimum absolute atomic E-state index is 0.0592. The van der Waals surface area contributed by atoms with Gasteiger partial charge < -0.3 is 9.15 Å². The van der Waals surface area contributed by atoms with Gasteiger partial charge in [-0.2, -0.15) is 0 Å². The topological polar surface area (TPSA) is 51.4 Å². The second-order valence-corrected chi connectivity index (χ2v) is 5.91. The summed E-state index contributed by atoms with van der Waals surface area (Å²) >= 11 is 2.28. The number of rotatable bonds is 3. The third-order valence-electron chi connectivity index (χ3n) is 2.79. The third kappa shape index (κ3) is 2.36. The van der Waals surface area contributed by atoms with Gasteiger partial charge in [-0.3, -0.25) is 0 Å². The Morgan fingerprint density at radius 1 is 1.31 bits per heavy atom. The van der Waals surface area contributed by atoms with Crippen molar-refractivity contribution in [2.45, 2.75) is 24.9 Å². The van der Waals surface area contributed by atoms with Crippen LogP contribution in [0.5, 0.6) is 0 Å². The summed E-state index contributed by atoms with van der Waals surface area (Å²) < 4.78 is 13.6. The number of aromatic nitrogens is 2. The zero-order valence-electron chi connectivity index (χ0n) is 8.63. The fraction of sp³-hybridized carbons (Fsp3) is 0.778. The average Bonchev–Trinajstić information content (AvgIpc) is 3.07. The molecule has 1 saturated carbocycles. The number of ether oxygens (including phenoxy) is 1. The summed E-state index contributed by atoms with van der Waals surface area (Å²) in [5.74, 6) is 1.94. The van der Waals surface area contributed by atoms with Gasteiger partial charge in [0.2, 0.25) is 11.8 Å². The van der Waals surface area contributed by atoms with Crippen LogP contribution in [0.4, 0.5) is 0 Å². The van der Waals surface area contributed by atoms with E-state index in [4.69, 9.17) is 9.15 Å². The Bertz CT molecular complexity index is 371. The van der Waals surface area contributed by atoms with Crippen LogP contribution in [0.25, 0.3) is 0 Å². The standard InChI is InChI=1S/C9H12IN3O2S/c10-16-13-3-4-14-7(5-13)9-12-11-8(15-9)6-1-2-6/h6-7H,1-5H2. The van der Waals surface area contributed by atoms with Crippen LogP contribution in [0.15, 0.2) is 4.42 Å². The van der Waals surface area contributed by atoms with Gasteiger partial charge in [0.25, 0.3) is 0 Å². The number of morpholine rings is 1. The van der Waals surface area contributed by atoms with Crippen molar-refractivity contribution in [1.82, 2.24) is 14.5 Å². The molecule has 1 unspecified atom stereocenters. The Labute approximate surface area is 110 Å². The first kappa shape index (κ1) is 11.2. The lowest BCUT2D eigenvalue weighted by Crippen LogP contribution is -2.33. The Kier molecular flexibility index (Phi) is 3.37. The highest BCUT2D eigenvalue weighted by atomic mass is 127. The van der Waals surface area contributed by atoms with E-state index >= 15 is 0 Å². The molecule has 7 heteroatoms. The van der Waals surface area contributed by atoms with E-state index in [9.17, 15) is 0 Å². The molecule has 0 radical (unpaired) electrons. The lowest BCUT2D eigenvalue weighted by Gasteiger charge is -2.28. The maximum Gasteiger partial charge on any atom is 0.246 e. The third-order valence-corrected chi connectivity index (χ3v) is 4.98. The quantitative estimate of drug-likeness (QED) is 0.614. The maximum atomic E-state index is 5.65. The van der Waals surface area contributed by atoms with Crippen molar-refractivity contribution in [3.63, 3.8) is 0 Å². The Balaban J connectivity index is 1.70. The largest absolute Gasteiger partial charge is 0.422 e. The summed E-state index contributed by atoms with van der Waals surface area (Å²) in [6.45, 7) is 2.50. The van der Waals surface area contributed by atoms with E-state index in [1.807, 2.05) is 0 Å². The summed E-state index contributed by atoms with van der Waals surface area (Å²) in [4.78, 5) is 0. The first-order chi connectivity index (χ1) is 7.86. The van der Waals surface area contributed by atoms with Gasteiger partial charge in [-0.05, 0) is 22.0 Å². The predicted molar refractivity (Wildman–Crippen MR) is 68.2 cm³/mol. The Morgan fingerprint density at radius 2 is 2.12 bits per heavy atom. The summed E-state index contributed by atoms with van der Waals surface area (Å²) in [6, 6.07) is 0. The first-order valence-electron chi connectivity index (χ1n) is 5.35. The number of halogens is 1. The van der Waals surface area contributed by atoms with Crippen molar-refractivity contribution in [3.8, 4) is 0 Å². The highest BCUT2D eigenvalue weighted by molar-refractivity contribution is 14.2. The maximum absolute atomic E-state index is 5.65. The monoisotopic (exact) mass is 353 g/mol. The molecule has 0 N–H and O–H groups in total. The van der Waals surface area contributed by atoms with Crippen LogP contribution in [0.1, 0.15) is 36.6 Å². The normalized spacial score (nSPS) is 27.2. The van der Waals surface area contributed by atoms with Crippen molar-refractivity contribution < 1.29 is 9.15 Å². The summed E-state index contributed by atoms with van der Waals surface area (Å²) in [7, 11) is 1.70. The van der Waals surface area contributed by atoms with Crippen LogP contribution < -0.4 is 0 Å². The van der Waals surface area contributed by atoms with E-state index in [0.29, 0.717) is 11.8 Å². The molecule has 2 heterocycles. The van der Waals surface area contributed by atoms with Gasteiger partial charge in [0.05, 0.1) is 6.61 Å². The van der Waals surface area contributed by atoms with Crippen LogP contribution in [-0.2, 0) is 4.74 Å². The molecule has 5 nitrogen and oxygen atoms in total. The van der Waals surface area contributed by atoms with Crippen molar-refractivity contribution in [1.29, 1.82) is 0 Å². The second-order valence-electron chi connectivity index (χ2n) is 4.07. The molecular formula is C9H12IN3O2S. The second kappa shape index (κ2) is 4.79. The molecule has 1 aromatic rings. The molecule has 0 aromatic carbocycles. The SMILES string of the molecule is ISN1CCOC(c2nnc(C3CC3)o2)C1. The summed E-state index contributed by atoms with van der Waals surface area (Å²) in [6.07, 6.45) is 2.31. The molecule has 2 fully saturated rings. The number of nitrogens with zero attached hydrogens (tertiary/aromatic N) is 3. The molecule has 1 aliphatic heterocycles. The molecule has 0 bridgehead atoms. The Hall–Kier alpha value is 0.140. The lowest BCUT2D eigenvalue weighted by molar-refractivity contribution is -0.0145. The highest BCUT2D eigenvalue weighted by Gasteiger charge is 2.32. The zero-order valence-corrected chi connectivity index (χ0v) is 11.6. The smallest absolute Gasteiger partial charge is 0.246 e. The molecular weight excluding hydrogens is 341 g/mol. The van der Waals surface area contributed by atoms with Crippen LogP contribution in [-0.4, -0.2) is 34.2 Å². The van der Waals surface area contributed by atoms with Crippen LogP contribution >= 0.6 is 30.3 Å². The van der Waals surface area contributed by atoms with Crippen molar-refractivity contribution in [2.75, 3.05) is 19.7 Å². The van der Waals surface area contributed by atoms with E-state index in [1.165, 1.54) is 12.8 Å². The molecule has 3 rings (SSSR count). The van der Waals surface area contributed by atoms with Gasteiger partial charge in [0, 0.05) is 40.2 Å². The van der Waals surface area contributed by atoms with Gasteiger partial charge in [0.15, 0.2) is 0 Å².